The number of benzene rings is 4. The van der Waals surface area contributed by atoms with Crippen molar-refractivity contribution in [3.05, 3.63) is 85.1 Å². The van der Waals surface area contributed by atoms with Crippen molar-refractivity contribution in [1.82, 2.24) is 9.97 Å². The van der Waals surface area contributed by atoms with Gasteiger partial charge < -0.3 is 0 Å². The van der Waals surface area contributed by atoms with Crippen molar-refractivity contribution < 1.29 is 0 Å². The molecule has 0 saturated carbocycles. The van der Waals surface area contributed by atoms with Crippen LogP contribution >= 0.6 is 0 Å². The van der Waals surface area contributed by atoms with E-state index in [1.807, 2.05) is 24.4 Å². The highest BCUT2D eigenvalue weighted by molar-refractivity contribution is 6.23. The molecule has 0 fully saturated rings. The van der Waals surface area contributed by atoms with Crippen LogP contribution in [0.15, 0.2) is 85.1 Å². The molecular weight excluding hydrogens is 292 g/mol. The van der Waals surface area contributed by atoms with Gasteiger partial charge >= 0.3 is 0 Å². The topological polar surface area (TPSA) is 25.8 Å². The summed E-state index contributed by atoms with van der Waals surface area (Å²) in [7, 11) is 0. The predicted octanol–water partition coefficient (Wildman–Crippen LogP) is 5.60. The lowest BCUT2D eigenvalue weighted by Gasteiger charge is -2.10. The molecule has 0 atom stereocenters. The molecule has 2 nitrogen and oxygen atoms in total. The number of fused-ring (bicyclic) bond motifs is 6. The van der Waals surface area contributed by atoms with E-state index in [-0.39, 0.29) is 0 Å². The summed E-state index contributed by atoms with van der Waals surface area (Å²) in [6.45, 7) is 0. The predicted molar refractivity (Wildman–Crippen MR) is 100.0 cm³/mol. The van der Waals surface area contributed by atoms with Crippen LogP contribution in [0.3, 0.4) is 0 Å². The van der Waals surface area contributed by atoms with Crippen LogP contribution in [0.2, 0.25) is 0 Å². The van der Waals surface area contributed by atoms with Gasteiger partial charge in [0.2, 0.25) is 0 Å². The molecule has 1 aromatic heterocycles. The first-order chi connectivity index (χ1) is 11.9. The second-order valence-electron chi connectivity index (χ2n) is 5.91. The molecule has 4 aromatic carbocycles. The largest absolute Gasteiger partial charge is 0.252 e. The lowest BCUT2D eigenvalue weighted by molar-refractivity contribution is 1.31. The average molecular weight is 306 g/mol. The molecule has 0 bridgehead atoms. The zero-order valence-electron chi connectivity index (χ0n) is 13.0. The Morgan fingerprint density at radius 3 is 1.71 bits per heavy atom. The van der Waals surface area contributed by atoms with Crippen molar-refractivity contribution in [2.45, 2.75) is 0 Å². The molecule has 5 rings (SSSR count). The summed E-state index contributed by atoms with van der Waals surface area (Å²) in [5.41, 5.74) is 3.92. The van der Waals surface area contributed by atoms with Crippen LogP contribution in [0.4, 0.5) is 0 Å². The zero-order chi connectivity index (χ0) is 15.9. The van der Waals surface area contributed by atoms with Gasteiger partial charge in [-0.25, -0.2) is 4.98 Å². The molecule has 0 aliphatic carbocycles. The Bertz CT molecular complexity index is 1160. The van der Waals surface area contributed by atoms with Crippen molar-refractivity contribution in [2.75, 3.05) is 0 Å². The Hall–Kier alpha value is -3.26. The fraction of sp³-hybridized carbons (Fsp3) is 0. The molecule has 24 heavy (non-hydrogen) atoms. The van der Waals surface area contributed by atoms with Crippen molar-refractivity contribution in [1.29, 1.82) is 0 Å². The van der Waals surface area contributed by atoms with Crippen LogP contribution in [-0.2, 0) is 0 Å². The maximum absolute atomic E-state index is 4.96. The molecule has 1 heterocycles. The minimum absolute atomic E-state index is 0.906. The van der Waals surface area contributed by atoms with E-state index in [9.17, 15) is 0 Å². The fourth-order valence-corrected chi connectivity index (χ4v) is 3.37. The van der Waals surface area contributed by atoms with Gasteiger partial charge in [0, 0.05) is 16.3 Å². The van der Waals surface area contributed by atoms with Gasteiger partial charge in [-0.3, -0.25) is 4.98 Å². The van der Waals surface area contributed by atoms with Crippen molar-refractivity contribution >= 4 is 32.6 Å². The van der Waals surface area contributed by atoms with E-state index in [0.29, 0.717) is 0 Å². The van der Waals surface area contributed by atoms with E-state index in [0.717, 1.165) is 33.1 Å². The second kappa shape index (κ2) is 5.14. The lowest BCUT2D eigenvalue weighted by atomic mass is 9.99. The molecule has 0 aliphatic heterocycles. The van der Waals surface area contributed by atoms with Gasteiger partial charge in [-0.2, -0.15) is 0 Å². The summed E-state index contributed by atoms with van der Waals surface area (Å²) < 4.78 is 0. The van der Waals surface area contributed by atoms with E-state index in [2.05, 4.69) is 60.7 Å². The summed E-state index contributed by atoms with van der Waals surface area (Å²) in [5, 5.41) is 4.75. The molecular formula is C22H14N2. The molecule has 0 unspecified atom stereocenters. The first-order valence-corrected chi connectivity index (χ1v) is 8.03. The number of rotatable bonds is 1. The molecule has 0 radical (unpaired) electrons. The summed E-state index contributed by atoms with van der Waals surface area (Å²) in [6, 6.07) is 27.1. The van der Waals surface area contributed by atoms with Crippen LogP contribution in [-0.4, -0.2) is 9.97 Å². The first-order valence-electron chi connectivity index (χ1n) is 8.03. The van der Waals surface area contributed by atoms with E-state index in [4.69, 9.17) is 9.97 Å². The highest BCUT2D eigenvalue weighted by Gasteiger charge is 2.11. The van der Waals surface area contributed by atoms with Gasteiger partial charge in [0.25, 0.3) is 0 Å². The van der Waals surface area contributed by atoms with Gasteiger partial charge in [-0.15, -0.1) is 0 Å². The Morgan fingerprint density at radius 1 is 0.500 bits per heavy atom. The van der Waals surface area contributed by atoms with Gasteiger partial charge in [0.05, 0.1) is 22.9 Å². The minimum atomic E-state index is 0.906. The van der Waals surface area contributed by atoms with Crippen LogP contribution in [0.1, 0.15) is 0 Å². The molecule has 0 N–H and O–H groups in total. The van der Waals surface area contributed by atoms with Crippen molar-refractivity contribution in [3.8, 4) is 11.3 Å². The van der Waals surface area contributed by atoms with Gasteiger partial charge in [-0.1, -0.05) is 78.9 Å². The zero-order valence-corrected chi connectivity index (χ0v) is 13.0. The molecule has 2 heteroatoms. The lowest BCUT2D eigenvalue weighted by Crippen LogP contribution is -1.91. The van der Waals surface area contributed by atoms with Crippen LogP contribution in [0.5, 0.6) is 0 Å². The Morgan fingerprint density at radius 2 is 1.04 bits per heavy atom. The summed E-state index contributed by atoms with van der Waals surface area (Å²) in [4.78, 5) is 9.73. The van der Waals surface area contributed by atoms with E-state index in [1.165, 1.54) is 10.8 Å². The second-order valence-corrected chi connectivity index (χ2v) is 5.91. The number of aromatic nitrogens is 2. The fourth-order valence-electron chi connectivity index (χ4n) is 3.37. The third-order valence-electron chi connectivity index (χ3n) is 4.50. The third-order valence-corrected chi connectivity index (χ3v) is 4.50. The molecule has 0 saturated heterocycles. The number of hydrogen-bond donors (Lipinski definition) is 0. The third kappa shape index (κ3) is 1.90. The van der Waals surface area contributed by atoms with Crippen LogP contribution in [0.25, 0.3) is 43.8 Å². The molecule has 0 amide bonds. The molecule has 0 spiro atoms. The van der Waals surface area contributed by atoms with Crippen molar-refractivity contribution in [3.63, 3.8) is 0 Å². The highest BCUT2D eigenvalue weighted by atomic mass is 14.8. The maximum atomic E-state index is 4.96. The van der Waals surface area contributed by atoms with Crippen LogP contribution in [0, 0.1) is 0 Å². The quantitative estimate of drug-likeness (QED) is 0.376. The average Bonchev–Trinajstić information content (AvgIpc) is 2.68. The number of hydrogen-bond acceptors (Lipinski definition) is 2. The summed E-state index contributed by atoms with van der Waals surface area (Å²) in [5.74, 6) is 0. The van der Waals surface area contributed by atoms with E-state index >= 15 is 0 Å². The molecule has 112 valence electrons. The van der Waals surface area contributed by atoms with Crippen LogP contribution < -0.4 is 0 Å². The molecule has 0 aliphatic rings. The SMILES string of the molecule is c1ccc(-c2cnc3c4ccccc4c4ccccc4c3n2)cc1. The Balaban J connectivity index is 1.96. The maximum Gasteiger partial charge on any atom is 0.0979 e. The Kier molecular flexibility index (Phi) is 2.83. The minimum Gasteiger partial charge on any atom is -0.252 e. The highest BCUT2D eigenvalue weighted by Crippen LogP contribution is 2.33. The molecule has 5 aromatic rings. The first kappa shape index (κ1) is 13.2. The van der Waals surface area contributed by atoms with Gasteiger partial charge in [0.15, 0.2) is 0 Å². The van der Waals surface area contributed by atoms with E-state index < -0.39 is 0 Å². The Labute approximate surface area is 139 Å². The number of nitrogens with zero attached hydrogens (tertiary/aromatic N) is 2. The summed E-state index contributed by atoms with van der Waals surface area (Å²) in [6.07, 6.45) is 1.87. The van der Waals surface area contributed by atoms with Crippen molar-refractivity contribution in [2.24, 2.45) is 0 Å². The van der Waals surface area contributed by atoms with Gasteiger partial charge in [-0.05, 0) is 10.8 Å². The summed E-state index contributed by atoms with van der Waals surface area (Å²) >= 11 is 0. The normalized spacial score (nSPS) is 11.3. The standard InChI is InChI=1S/C22H14N2/c1-2-8-15(9-3-1)20-14-23-21-18-12-6-4-10-16(18)17-11-5-7-13-19(17)22(21)24-20/h1-14H. The smallest absolute Gasteiger partial charge is 0.0979 e. The van der Waals surface area contributed by atoms with E-state index in [1.54, 1.807) is 0 Å². The monoisotopic (exact) mass is 306 g/mol. The van der Waals surface area contributed by atoms with Gasteiger partial charge in [0.1, 0.15) is 0 Å².